The lowest BCUT2D eigenvalue weighted by Gasteiger charge is -2.50. The van der Waals surface area contributed by atoms with Crippen LogP contribution in [0.25, 0.3) is 0 Å². The van der Waals surface area contributed by atoms with Crippen LogP contribution in [-0.4, -0.2) is 83.2 Å². The van der Waals surface area contributed by atoms with Crippen LogP contribution in [0.15, 0.2) is 69.6 Å². The Bertz CT molecular complexity index is 1530. The van der Waals surface area contributed by atoms with Crippen LogP contribution < -0.4 is 4.74 Å². The predicted octanol–water partition coefficient (Wildman–Crippen LogP) is 5.01. The van der Waals surface area contributed by atoms with Crippen molar-refractivity contribution in [2.24, 2.45) is 0 Å². The first-order valence-corrected chi connectivity index (χ1v) is 16.0. The fourth-order valence-electron chi connectivity index (χ4n) is 6.38. The van der Waals surface area contributed by atoms with Gasteiger partial charge in [-0.15, -0.1) is 0 Å². The van der Waals surface area contributed by atoms with Crippen LogP contribution >= 0.6 is 31.9 Å². The summed E-state index contributed by atoms with van der Waals surface area (Å²) in [6.45, 7) is 0.543. The van der Waals surface area contributed by atoms with Crippen LogP contribution in [-0.2, 0) is 30.7 Å². The molecule has 0 radical (unpaired) electrons. The lowest BCUT2D eigenvalue weighted by molar-refractivity contribution is -0.334. The van der Waals surface area contributed by atoms with Crippen molar-refractivity contribution in [1.82, 2.24) is 0 Å². The summed E-state index contributed by atoms with van der Waals surface area (Å²) in [6.07, 6.45) is -14.8. The molecule has 6 atom stereocenters. The van der Waals surface area contributed by atoms with Crippen LogP contribution in [0.4, 0.5) is 13.2 Å². The van der Waals surface area contributed by atoms with Gasteiger partial charge in [0, 0.05) is 40.0 Å². The van der Waals surface area contributed by atoms with Crippen molar-refractivity contribution < 1.29 is 57.3 Å². The molecule has 1 saturated heterocycles. The molecule has 3 aliphatic rings. The topological polar surface area (TPSA) is 127 Å². The van der Waals surface area contributed by atoms with Crippen LogP contribution in [0.2, 0.25) is 0 Å². The second-order valence-electron chi connectivity index (χ2n) is 11.5. The van der Waals surface area contributed by atoms with Crippen molar-refractivity contribution >= 4 is 31.9 Å². The Morgan fingerprint density at radius 3 is 1.87 bits per heavy atom. The van der Waals surface area contributed by atoms with E-state index in [4.69, 9.17) is 23.7 Å². The molecule has 0 bridgehead atoms. The number of hydrogen-bond acceptors (Lipinski definition) is 9. The number of fused-ring (bicyclic) bond motifs is 2. The molecule has 0 unspecified atom stereocenters. The van der Waals surface area contributed by atoms with Crippen molar-refractivity contribution in [3.8, 4) is 11.5 Å². The van der Waals surface area contributed by atoms with E-state index < -0.39 is 59.8 Å². The maximum atomic E-state index is 14.1. The number of hydrogen-bond donors (Lipinski definition) is 4. The summed E-state index contributed by atoms with van der Waals surface area (Å²) in [5.41, 5.74) is -2.42. The fraction of sp³-hybridized carbons (Fsp3) is 0.438. The predicted molar refractivity (Wildman–Crippen MR) is 163 cm³/mol. The van der Waals surface area contributed by atoms with Gasteiger partial charge in [0.15, 0.2) is 11.4 Å². The van der Waals surface area contributed by atoms with E-state index in [1.807, 2.05) is 0 Å². The van der Waals surface area contributed by atoms with E-state index in [1.54, 1.807) is 36.4 Å². The van der Waals surface area contributed by atoms with E-state index in [2.05, 4.69) is 31.9 Å². The summed E-state index contributed by atoms with van der Waals surface area (Å²) in [4.78, 5) is 0. The molecule has 46 heavy (non-hydrogen) atoms. The minimum Gasteiger partial charge on any atom is -0.457 e. The third-order valence-corrected chi connectivity index (χ3v) is 9.78. The number of rotatable bonds is 6. The molecule has 6 rings (SSSR count). The van der Waals surface area contributed by atoms with Crippen molar-refractivity contribution in [3.63, 3.8) is 0 Å². The lowest BCUT2D eigenvalue weighted by atomic mass is 9.76. The van der Waals surface area contributed by atoms with Gasteiger partial charge in [0.25, 0.3) is 0 Å². The van der Waals surface area contributed by atoms with E-state index in [-0.39, 0.29) is 54.2 Å². The Morgan fingerprint density at radius 2 is 1.33 bits per heavy atom. The van der Waals surface area contributed by atoms with E-state index >= 15 is 0 Å². The number of halogens is 5. The molecule has 0 aromatic heterocycles. The molecular weight excluding hydrogens is 745 g/mol. The van der Waals surface area contributed by atoms with Crippen LogP contribution in [0.3, 0.4) is 0 Å². The van der Waals surface area contributed by atoms with Crippen molar-refractivity contribution in [3.05, 3.63) is 91.9 Å². The van der Waals surface area contributed by atoms with Gasteiger partial charge in [-0.1, -0.05) is 44.0 Å². The number of benzene rings is 3. The van der Waals surface area contributed by atoms with Gasteiger partial charge in [-0.2, -0.15) is 13.2 Å². The van der Waals surface area contributed by atoms with Crippen LogP contribution in [0.1, 0.15) is 35.1 Å². The van der Waals surface area contributed by atoms with Crippen molar-refractivity contribution in [1.29, 1.82) is 0 Å². The molecule has 1 aliphatic carbocycles. The molecule has 3 aromatic carbocycles. The summed E-state index contributed by atoms with van der Waals surface area (Å²) >= 11 is 6.89. The normalized spacial score (nSPS) is 28.6. The van der Waals surface area contributed by atoms with Crippen LogP contribution in [0.5, 0.6) is 11.5 Å². The molecule has 2 aliphatic heterocycles. The van der Waals surface area contributed by atoms with E-state index in [0.717, 1.165) is 12.1 Å². The number of methoxy groups -OCH3 is 1. The highest BCUT2D eigenvalue weighted by Crippen LogP contribution is 2.55. The molecule has 0 spiro atoms. The number of aliphatic hydroxyl groups excluding tert-OH is 4. The van der Waals surface area contributed by atoms with Gasteiger partial charge in [0.2, 0.25) is 0 Å². The Hall–Kier alpha value is -2.11. The van der Waals surface area contributed by atoms with Crippen LogP contribution in [0, 0.1) is 0 Å². The zero-order valence-electron chi connectivity index (χ0n) is 24.3. The van der Waals surface area contributed by atoms with Gasteiger partial charge in [-0.3, -0.25) is 0 Å². The van der Waals surface area contributed by atoms with Gasteiger partial charge in [-0.05, 0) is 54.1 Å². The summed E-state index contributed by atoms with van der Waals surface area (Å²) in [5.74, 6) is -0.808. The van der Waals surface area contributed by atoms with Gasteiger partial charge in [0.05, 0.1) is 18.8 Å². The monoisotopic (exact) mass is 774 g/mol. The maximum Gasteiger partial charge on any atom is 0.416 e. The van der Waals surface area contributed by atoms with Crippen molar-refractivity contribution in [2.45, 2.75) is 67.0 Å². The molecule has 9 nitrogen and oxygen atoms in total. The Kier molecular flexibility index (Phi) is 9.35. The molecule has 2 fully saturated rings. The number of ether oxygens (including phenoxy) is 5. The minimum absolute atomic E-state index is 0.000374. The fourth-order valence-corrected chi connectivity index (χ4v) is 7.10. The quantitative estimate of drug-likeness (QED) is 0.256. The molecule has 1 saturated carbocycles. The second-order valence-corrected chi connectivity index (χ2v) is 13.3. The molecule has 248 valence electrons. The Morgan fingerprint density at radius 1 is 0.761 bits per heavy atom. The molecule has 2 heterocycles. The van der Waals surface area contributed by atoms with Gasteiger partial charge in [-0.25, -0.2) is 0 Å². The van der Waals surface area contributed by atoms with E-state index in [9.17, 15) is 33.6 Å². The zero-order chi connectivity index (χ0) is 33.0. The average molecular weight is 776 g/mol. The highest BCUT2D eigenvalue weighted by atomic mass is 79.9. The van der Waals surface area contributed by atoms with Gasteiger partial charge in [0.1, 0.15) is 48.1 Å². The first kappa shape index (κ1) is 33.8. The first-order chi connectivity index (χ1) is 21.8. The lowest BCUT2D eigenvalue weighted by Crippen LogP contribution is -2.67. The molecular formula is C32H31Br2F3O9. The summed E-state index contributed by atoms with van der Waals surface area (Å²) in [7, 11) is 1.40. The Balaban J connectivity index is 1.55. The zero-order valence-corrected chi connectivity index (χ0v) is 27.5. The standard InChI is InChI=1S/C32H31Br2F3O9/c1-42-30(9-11-43-12-10-30)45-28-25(39)24(38)26(40)29(27(28)41)46-31(16-3-2-4-17(13-16)32(35,36)37)20-14-18(33)5-7-22(20)44-23-8-6-19(34)15-21(23)31/h2-8,13-15,24-29,38-41H,9-12H2,1H3/t24-,25-,26+,27-,28-,29-/m0/s1. The summed E-state index contributed by atoms with van der Waals surface area (Å²) in [5, 5.41) is 45.3. The third-order valence-electron chi connectivity index (χ3n) is 8.79. The number of alkyl halides is 3. The summed E-state index contributed by atoms with van der Waals surface area (Å²) < 4.78 is 73.7. The smallest absolute Gasteiger partial charge is 0.416 e. The maximum absolute atomic E-state index is 14.1. The average Bonchev–Trinajstić information content (AvgIpc) is 3.04. The minimum atomic E-state index is -4.72. The highest BCUT2D eigenvalue weighted by molar-refractivity contribution is 9.10. The van der Waals surface area contributed by atoms with Gasteiger partial charge < -0.3 is 44.1 Å². The second kappa shape index (κ2) is 12.7. The Labute approximate surface area is 279 Å². The molecule has 14 heteroatoms. The van der Waals surface area contributed by atoms with E-state index in [0.29, 0.717) is 8.95 Å². The summed E-state index contributed by atoms with van der Waals surface area (Å²) in [6, 6.07) is 14.4. The van der Waals surface area contributed by atoms with E-state index in [1.165, 1.54) is 19.2 Å². The SMILES string of the molecule is COC1(O[C@@H]2[C@H](O)[C@@H](OC3(c4cccc(C(F)(F)F)c4)c4cc(Br)ccc4Oc4ccc(Br)cc43)[C@H](O)[C@@H](O)[C@@H]2O)CCOCC1. The largest absolute Gasteiger partial charge is 0.457 e. The molecule has 4 N–H and O–H groups in total. The van der Waals surface area contributed by atoms with Gasteiger partial charge >= 0.3 is 6.18 Å². The number of aliphatic hydroxyl groups is 4. The third kappa shape index (κ3) is 5.91. The first-order valence-electron chi connectivity index (χ1n) is 14.5. The molecule has 3 aromatic rings. The molecule has 0 amide bonds. The highest BCUT2D eigenvalue weighted by Gasteiger charge is 2.57. The van der Waals surface area contributed by atoms with Crippen molar-refractivity contribution in [2.75, 3.05) is 20.3 Å².